The fraction of sp³-hybridized carbons (Fsp3) is 0.857. The van der Waals surface area contributed by atoms with Gasteiger partial charge in [0.15, 0.2) is 6.10 Å². The van der Waals surface area contributed by atoms with Gasteiger partial charge in [-0.25, -0.2) is 4.79 Å². The monoisotopic (exact) mass is 192 g/mol. The zero-order chi connectivity index (χ0) is 10.0. The number of aliphatic hydroxyl groups is 3. The molecule has 3 N–H and O–H groups in total. The Morgan fingerprint density at radius 1 is 1.38 bits per heavy atom. The molecule has 1 fully saturated rings. The molecule has 0 aromatic rings. The van der Waals surface area contributed by atoms with E-state index < -0.39 is 30.4 Å². The second-order valence-electron chi connectivity index (χ2n) is 2.83. The smallest absolute Gasteiger partial charge is 0.337 e. The number of carbonyl (C=O) groups is 1. The van der Waals surface area contributed by atoms with Gasteiger partial charge in [0.1, 0.15) is 18.3 Å². The van der Waals surface area contributed by atoms with Gasteiger partial charge < -0.3 is 24.8 Å². The molecule has 0 amide bonds. The van der Waals surface area contributed by atoms with Gasteiger partial charge in [-0.15, -0.1) is 0 Å². The van der Waals surface area contributed by atoms with Crippen molar-refractivity contribution in [3.63, 3.8) is 0 Å². The van der Waals surface area contributed by atoms with Crippen molar-refractivity contribution in [2.45, 2.75) is 24.4 Å². The van der Waals surface area contributed by atoms with Crippen molar-refractivity contribution in [3.8, 4) is 0 Å². The normalized spacial score (nSPS) is 40.0. The van der Waals surface area contributed by atoms with Gasteiger partial charge in [-0.1, -0.05) is 0 Å². The number of methoxy groups -OCH3 is 1. The van der Waals surface area contributed by atoms with E-state index in [1.807, 2.05) is 0 Å². The van der Waals surface area contributed by atoms with Crippen LogP contribution in [0.3, 0.4) is 0 Å². The molecule has 0 aromatic heterocycles. The fourth-order valence-electron chi connectivity index (χ4n) is 1.13. The lowest BCUT2D eigenvalue weighted by Gasteiger charge is -2.33. The van der Waals surface area contributed by atoms with E-state index in [1.54, 1.807) is 0 Å². The molecule has 6 heteroatoms. The van der Waals surface area contributed by atoms with Gasteiger partial charge in [0.25, 0.3) is 0 Å². The number of hydrogen-bond donors (Lipinski definition) is 3. The standard InChI is InChI=1S/C7H12O6/c1-12-7(11)6-5(10)4(9)3(8)2-13-6/h3-6,8-10H,2H2,1H3/t3-,4-,5-,6+/m1/s1. The highest BCUT2D eigenvalue weighted by Gasteiger charge is 2.41. The van der Waals surface area contributed by atoms with Crippen LogP contribution in [-0.2, 0) is 14.3 Å². The van der Waals surface area contributed by atoms with Crippen molar-refractivity contribution >= 4 is 5.97 Å². The van der Waals surface area contributed by atoms with Gasteiger partial charge in [-0.3, -0.25) is 0 Å². The zero-order valence-electron chi connectivity index (χ0n) is 7.08. The van der Waals surface area contributed by atoms with Gasteiger partial charge in [0.05, 0.1) is 13.7 Å². The second kappa shape index (κ2) is 4.01. The van der Waals surface area contributed by atoms with Crippen LogP contribution in [0.4, 0.5) is 0 Å². The molecule has 0 spiro atoms. The maximum Gasteiger partial charge on any atom is 0.337 e. The van der Waals surface area contributed by atoms with Crippen LogP contribution in [-0.4, -0.2) is 59.4 Å². The number of rotatable bonds is 1. The minimum Gasteiger partial charge on any atom is -0.467 e. The summed E-state index contributed by atoms with van der Waals surface area (Å²) in [4.78, 5) is 10.9. The molecule has 1 aliphatic heterocycles. The molecule has 0 saturated carbocycles. The molecule has 13 heavy (non-hydrogen) atoms. The van der Waals surface area contributed by atoms with Crippen molar-refractivity contribution in [1.82, 2.24) is 0 Å². The van der Waals surface area contributed by atoms with Crippen molar-refractivity contribution in [3.05, 3.63) is 0 Å². The molecule has 6 nitrogen and oxygen atoms in total. The molecule has 1 rings (SSSR count). The maximum absolute atomic E-state index is 10.9. The van der Waals surface area contributed by atoms with Crippen molar-refractivity contribution in [2.24, 2.45) is 0 Å². The summed E-state index contributed by atoms with van der Waals surface area (Å²) in [6.45, 7) is -0.196. The molecule has 76 valence electrons. The van der Waals surface area contributed by atoms with Crippen LogP contribution in [0.2, 0.25) is 0 Å². The summed E-state index contributed by atoms with van der Waals surface area (Å²) < 4.78 is 9.12. The molecule has 4 atom stereocenters. The third kappa shape index (κ3) is 1.97. The lowest BCUT2D eigenvalue weighted by molar-refractivity contribution is -0.203. The Hall–Kier alpha value is -0.690. The molecule has 0 bridgehead atoms. The topological polar surface area (TPSA) is 96.2 Å². The van der Waals surface area contributed by atoms with E-state index in [4.69, 9.17) is 9.84 Å². The molecule has 0 unspecified atom stereocenters. The number of esters is 1. The van der Waals surface area contributed by atoms with Crippen LogP contribution in [0.1, 0.15) is 0 Å². The van der Waals surface area contributed by atoms with Crippen LogP contribution < -0.4 is 0 Å². The predicted octanol–water partition coefficient (Wildman–Crippen LogP) is -2.36. The second-order valence-corrected chi connectivity index (χ2v) is 2.83. The van der Waals surface area contributed by atoms with E-state index in [0.717, 1.165) is 7.11 Å². The lowest BCUT2D eigenvalue weighted by atomic mass is 10.0. The molecule has 1 saturated heterocycles. The summed E-state index contributed by atoms with van der Waals surface area (Å²) in [6.07, 6.45) is -5.21. The van der Waals surface area contributed by atoms with E-state index >= 15 is 0 Å². The Bertz CT molecular complexity index is 193. The number of carbonyl (C=O) groups excluding carboxylic acids is 1. The SMILES string of the molecule is COC(=O)[C@H]1OC[C@@H](O)[C@@H](O)[C@H]1O. The maximum atomic E-state index is 10.9. The summed E-state index contributed by atoms with van der Waals surface area (Å²) in [5.41, 5.74) is 0. The Labute approximate surface area is 74.7 Å². The largest absolute Gasteiger partial charge is 0.467 e. The first kappa shape index (κ1) is 10.4. The number of hydrogen-bond acceptors (Lipinski definition) is 6. The van der Waals surface area contributed by atoms with Crippen LogP contribution in [0.15, 0.2) is 0 Å². The van der Waals surface area contributed by atoms with Crippen LogP contribution in [0, 0.1) is 0 Å². The van der Waals surface area contributed by atoms with Crippen LogP contribution in [0.5, 0.6) is 0 Å². The highest BCUT2D eigenvalue weighted by molar-refractivity contribution is 5.75. The quantitative estimate of drug-likeness (QED) is 0.402. The van der Waals surface area contributed by atoms with E-state index in [2.05, 4.69) is 4.74 Å². The van der Waals surface area contributed by atoms with Crippen LogP contribution >= 0.6 is 0 Å². The Morgan fingerprint density at radius 3 is 2.54 bits per heavy atom. The first-order chi connectivity index (χ1) is 6.07. The van der Waals surface area contributed by atoms with Gasteiger partial charge in [0, 0.05) is 0 Å². The first-order valence-electron chi connectivity index (χ1n) is 3.81. The van der Waals surface area contributed by atoms with Gasteiger partial charge in [-0.05, 0) is 0 Å². The fourth-order valence-corrected chi connectivity index (χ4v) is 1.13. The summed E-state index contributed by atoms with van der Waals surface area (Å²) in [6, 6.07) is 0. The first-order valence-corrected chi connectivity index (χ1v) is 3.81. The highest BCUT2D eigenvalue weighted by atomic mass is 16.6. The minimum atomic E-state index is -1.45. The molecular weight excluding hydrogens is 180 g/mol. The highest BCUT2D eigenvalue weighted by Crippen LogP contribution is 2.16. The predicted molar refractivity (Wildman–Crippen MR) is 39.8 cm³/mol. The van der Waals surface area contributed by atoms with Gasteiger partial charge in [-0.2, -0.15) is 0 Å². The van der Waals surface area contributed by atoms with Crippen LogP contribution in [0.25, 0.3) is 0 Å². The summed E-state index contributed by atoms with van der Waals surface area (Å²) in [7, 11) is 1.15. The molecular formula is C7H12O6. The molecule has 0 radical (unpaired) electrons. The molecule has 1 heterocycles. The molecule has 1 aliphatic rings. The third-order valence-electron chi connectivity index (χ3n) is 1.93. The van der Waals surface area contributed by atoms with E-state index in [1.165, 1.54) is 0 Å². The Kier molecular flexibility index (Phi) is 3.21. The van der Waals surface area contributed by atoms with E-state index in [-0.39, 0.29) is 6.61 Å². The average Bonchev–Trinajstić information content (AvgIpc) is 2.13. The molecule has 0 aliphatic carbocycles. The zero-order valence-corrected chi connectivity index (χ0v) is 7.08. The molecule has 0 aromatic carbocycles. The summed E-state index contributed by atoms with van der Waals surface area (Å²) >= 11 is 0. The number of aliphatic hydroxyl groups excluding tert-OH is 3. The summed E-state index contributed by atoms with van der Waals surface area (Å²) in [5, 5.41) is 27.5. The van der Waals surface area contributed by atoms with Gasteiger partial charge >= 0.3 is 5.97 Å². The van der Waals surface area contributed by atoms with E-state index in [9.17, 15) is 15.0 Å². The Balaban J connectivity index is 2.63. The van der Waals surface area contributed by atoms with Crippen molar-refractivity contribution in [2.75, 3.05) is 13.7 Å². The summed E-state index contributed by atoms with van der Waals surface area (Å²) in [5.74, 6) is -0.765. The van der Waals surface area contributed by atoms with Crippen molar-refractivity contribution < 1.29 is 29.6 Å². The average molecular weight is 192 g/mol. The van der Waals surface area contributed by atoms with Gasteiger partial charge in [0.2, 0.25) is 0 Å². The minimum absolute atomic E-state index is 0.196. The van der Waals surface area contributed by atoms with Crippen molar-refractivity contribution in [1.29, 1.82) is 0 Å². The lowest BCUT2D eigenvalue weighted by Crippen LogP contribution is -2.55. The number of ether oxygens (including phenoxy) is 2. The third-order valence-corrected chi connectivity index (χ3v) is 1.93. The van der Waals surface area contributed by atoms with E-state index in [0.29, 0.717) is 0 Å². The Morgan fingerprint density at radius 2 is 2.00 bits per heavy atom.